The van der Waals surface area contributed by atoms with Gasteiger partial charge < -0.3 is 10.6 Å². The maximum atomic E-state index is 13.5. The van der Waals surface area contributed by atoms with Gasteiger partial charge >= 0.3 is 0 Å². The van der Waals surface area contributed by atoms with E-state index in [9.17, 15) is 14.0 Å². The number of nitrogens with zero attached hydrogens (tertiary/aromatic N) is 2. The van der Waals surface area contributed by atoms with E-state index in [0.717, 1.165) is 6.07 Å². The van der Waals surface area contributed by atoms with Gasteiger partial charge in [-0.2, -0.15) is 0 Å². The second-order valence-corrected chi connectivity index (χ2v) is 4.37. The Balaban J connectivity index is 2.17. The van der Waals surface area contributed by atoms with E-state index < -0.39 is 17.6 Å². The van der Waals surface area contributed by atoms with Crippen LogP contribution in [-0.2, 0) is 4.79 Å². The smallest absolute Gasteiger partial charge is 0.275 e. The molecule has 0 fully saturated rings. The number of anilines is 2. The molecular weight excluding hydrogens is 275 g/mol. The molecule has 2 N–H and O–H groups in total. The van der Waals surface area contributed by atoms with Crippen molar-refractivity contribution in [2.24, 2.45) is 0 Å². The Kier molecular flexibility index (Phi) is 4.22. The largest absolute Gasteiger partial charge is 0.324 e. The van der Waals surface area contributed by atoms with Crippen LogP contribution in [-0.4, -0.2) is 21.8 Å². The second kappa shape index (κ2) is 6.08. The van der Waals surface area contributed by atoms with E-state index in [1.165, 1.54) is 31.5 Å². The van der Waals surface area contributed by atoms with Crippen molar-refractivity contribution in [3.63, 3.8) is 0 Å². The fourth-order valence-electron chi connectivity index (χ4n) is 1.59. The van der Waals surface area contributed by atoms with Crippen molar-refractivity contribution < 1.29 is 14.0 Å². The normalized spacial score (nSPS) is 10.0. The molecular formula is C14H13FN4O2. The molecule has 1 heterocycles. The van der Waals surface area contributed by atoms with Gasteiger partial charge in [0.05, 0.1) is 17.6 Å². The summed E-state index contributed by atoms with van der Waals surface area (Å²) in [6.45, 7) is 3.03. The third kappa shape index (κ3) is 3.82. The highest BCUT2D eigenvalue weighted by molar-refractivity contribution is 6.03. The van der Waals surface area contributed by atoms with Crippen LogP contribution in [0.5, 0.6) is 0 Å². The van der Waals surface area contributed by atoms with E-state index in [0.29, 0.717) is 11.4 Å². The van der Waals surface area contributed by atoms with Crippen molar-refractivity contribution >= 4 is 23.2 Å². The summed E-state index contributed by atoms with van der Waals surface area (Å²) in [5, 5.41) is 4.90. The van der Waals surface area contributed by atoms with Gasteiger partial charge in [-0.25, -0.2) is 9.37 Å². The number of halogens is 1. The molecule has 0 aliphatic carbocycles. The Morgan fingerprint density at radius 2 is 1.90 bits per heavy atom. The Bertz CT molecular complexity index is 686. The lowest BCUT2D eigenvalue weighted by atomic mass is 10.2. The third-order valence-corrected chi connectivity index (χ3v) is 2.55. The monoisotopic (exact) mass is 288 g/mol. The molecule has 0 aliphatic rings. The Labute approximate surface area is 120 Å². The molecule has 2 aromatic rings. The summed E-state index contributed by atoms with van der Waals surface area (Å²) >= 11 is 0. The summed E-state index contributed by atoms with van der Waals surface area (Å²) in [5.74, 6) is -1.46. The molecule has 0 atom stereocenters. The zero-order valence-electron chi connectivity index (χ0n) is 11.5. The maximum absolute atomic E-state index is 13.5. The van der Waals surface area contributed by atoms with E-state index >= 15 is 0 Å². The number of nitrogens with one attached hydrogen (secondary N) is 2. The van der Waals surface area contributed by atoms with E-state index in [1.807, 2.05) is 0 Å². The molecule has 0 saturated carbocycles. The number of aromatic nitrogens is 2. The Hall–Kier alpha value is -2.83. The average molecular weight is 288 g/mol. The predicted octanol–water partition coefficient (Wildman–Crippen LogP) is 2.13. The van der Waals surface area contributed by atoms with Crippen LogP contribution in [0.1, 0.15) is 23.1 Å². The first kappa shape index (κ1) is 14.6. The van der Waals surface area contributed by atoms with E-state index in [4.69, 9.17) is 0 Å². The molecule has 0 bridgehead atoms. The van der Waals surface area contributed by atoms with Gasteiger partial charge in [0.2, 0.25) is 5.91 Å². The molecule has 1 aromatic heterocycles. The molecule has 0 radical (unpaired) electrons. The predicted molar refractivity (Wildman–Crippen MR) is 75.4 cm³/mol. The molecule has 2 rings (SSSR count). The first-order valence-corrected chi connectivity index (χ1v) is 6.13. The summed E-state index contributed by atoms with van der Waals surface area (Å²) in [7, 11) is 0. The fraction of sp³-hybridized carbons (Fsp3) is 0.143. The van der Waals surface area contributed by atoms with Crippen LogP contribution in [0, 0.1) is 12.7 Å². The third-order valence-electron chi connectivity index (χ3n) is 2.55. The molecule has 0 saturated heterocycles. The van der Waals surface area contributed by atoms with Crippen molar-refractivity contribution in [2.45, 2.75) is 13.8 Å². The SMILES string of the molecule is CC(=O)Nc1cc(NC(=O)c2cnc(C)cn2)ccc1F. The van der Waals surface area contributed by atoms with E-state index in [1.54, 1.807) is 6.92 Å². The molecule has 108 valence electrons. The molecule has 2 amide bonds. The minimum atomic E-state index is -0.585. The van der Waals surface area contributed by atoms with Gasteiger partial charge in [0.15, 0.2) is 0 Å². The molecule has 0 aliphatic heterocycles. The quantitative estimate of drug-likeness (QED) is 0.906. The molecule has 21 heavy (non-hydrogen) atoms. The highest BCUT2D eigenvalue weighted by Crippen LogP contribution is 2.20. The Morgan fingerprint density at radius 1 is 1.14 bits per heavy atom. The van der Waals surface area contributed by atoms with Gasteiger partial charge in [-0.15, -0.1) is 0 Å². The number of benzene rings is 1. The number of aryl methyl sites for hydroxylation is 1. The lowest BCUT2D eigenvalue weighted by molar-refractivity contribution is -0.114. The molecule has 6 nitrogen and oxygen atoms in total. The lowest BCUT2D eigenvalue weighted by Crippen LogP contribution is -2.15. The van der Waals surface area contributed by atoms with Crippen LogP contribution in [0.15, 0.2) is 30.6 Å². The van der Waals surface area contributed by atoms with Gasteiger partial charge in [0, 0.05) is 18.8 Å². The summed E-state index contributed by atoms with van der Waals surface area (Å²) in [5.41, 5.74) is 1.18. The number of carbonyl (C=O) groups is 2. The highest BCUT2D eigenvalue weighted by atomic mass is 19.1. The molecule has 7 heteroatoms. The zero-order chi connectivity index (χ0) is 15.4. The van der Waals surface area contributed by atoms with Gasteiger partial charge in [-0.1, -0.05) is 0 Å². The van der Waals surface area contributed by atoms with Crippen molar-refractivity contribution in [2.75, 3.05) is 10.6 Å². The van der Waals surface area contributed by atoms with Crippen molar-refractivity contribution in [1.29, 1.82) is 0 Å². The first-order valence-electron chi connectivity index (χ1n) is 6.13. The van der Waals surface area contributed by atoms with Gasteiger partial charge in [0.1, 0.15) is 11.5 Å². The minimum Gasteiger partial charge on any atom is -0.324 e. The number of amides is 2. The summed E-state index contributed by atoms with van der Waals surface area (Å²) in [4.78, 5) is 30.8. The standard InChI is InChI=1S/C14H13FN4O2/c1-8-6-17-13(7-16-8)14(21)19-10-3-4-11(15)12(5-10)18-9(2)20/h3-7H,1-2H3,(H,18,20)(H,19,21). The average Bonchev–Trinajstić information content (AvgIpc) is 2.42. The lowest BCUT2D eigenvalue weighted by Gasteiger charge is -2.08. The molecule has 0 spiro atoms. The zero-order valence-corrected chi connectivity index (χ0v) is 11.5. The van der Waals surface area contributed by atoms with E-state index in [2.05, 4.69) is 20.6 Å². The summed E-state index contributed by atoms with van der Waals surface area (Å²) < 4.78 is 13.5. The minimum absolute atomic E-state index is 0.00436. The highest BCUT2D eigenvalue weighted by Gasteiger charge is 2.10. The second-order valence-electron chi connectivity index (χ2n) is 4.37. The van der Waals surface area contributed by atoms with Gasteiger partial charge in [-0.3, -0.25) is 14.6 Å². The van der Waals surface area contributed by atoms with Crippen molar-refractivity contribution in [3.05, 3.63) is 47.8 Å². The van der Waals surface area contributed by atoms with Crippen LogP contribution in [0.3, 0.4) is 0 Å². The van der Waals surface area contributed by atoms with Crippen molar-refractivity contribution in [1.82, 2.24) is 9.97 Å². The van der Waals surface area contributed by atoms with Crippen LogP contribution >= 0.6 is 0 Å². The summed E-state index contributed by atoms with van der Waals surface area (Å²) in [6, 6.07) is 3.87. The van der Waals surface area contributed by atoms with E-state index in [-0.39, 0.29) is 11.4 Å². The molecule has 0 unspecified atom stereocenters. The Morgan fingerprint density at radius 3 is 2.52 bits per heavy atom. The van der Waals surface area contributed by atoms with Crippen molar-refractivity contribution in [3.8, 4) is 0 Å². The molecule has 1 aromatic carbocycles. The number of rotatable bonds is 3. The fourth-order valence-corrected chi connectivity index (χ4v) is 1.59. The van der Waals surface area contributed by atoms with Crippen LogP contribution in [0.4, 0.5) is 15.8 Å². The van der Waals surface area contributed by atoms with Gasteiger partial charge in [-0.05, 0) is 25.1 Å². The van der Waals surface area contributed by atoms with Crippen LogP contribution < -0.4 is 10.6 Å². The number of hydrogen-bond acceptors (Lipinski definition) is 4. The topological polar surface area (TPSA) is 84.0 Å². The number of carbonyl (C=O) groups excluding carboxylic acids is 2. The first-order chi connectivity index (χ1) is 9.95. The number of hydrogen-bond donors (Lipinski definition) is 2. The van der Waals surface area contributed by atoms with Gasteiger partial charge in [0.25, 0.3) is 5.91 Å². The maximum Gasteiger partial charge on any atom is 0.275 e. The van der Waals surface area contributed by atoms with Crippen LogP contribution in [0.25, 0.3) is 0 Å². The van der Waals surface area contributed by atoms with Crippen LogP contribution in [0.2, 0.25) is 0 Å². The summed E-state index contributed by atoms with van der Waals surface area (Å²) in [6.07, 6.45) is 2.82.